The van der Waals surface area contributed by atoms with E-state index in [4.69, 9.17) is 4.74 Å². The molecule has 0 aromatic heterocycles. The highest BCUT2D eigenvalue weighted by Crippen LogP contribution is 2.39. The van der Waals surface area contributed by atoms with Gasteiger partial charge < -0.3 is 15.2 Å². The van der Waals surface area contributed by atoms with Gasteiger partial charge in [-0.05, 0) is 30.5 Å². The Kier molecular flexibility index (Phi) is 7.29. The molecule has 2 rings (SSSR count). The number of hydrogen-bond acceptors (Lipinski definition) is 5. The second-order valence-electron chi connectivity index (χ2n) is 7.04. The standard InChI is InChI=1S/C21H29NO5S/c1-5-7-11-22-17-12-16(21(23)24)13-19(28(25,26)6-2)20(17)27-18-10-8-9-14(3)15(18)4/h8-10,12-15,22H,5-7,11H2,1-4H3,(H,23,24). The summed E-state index contributed by atoms with van der Waals surface area (Å²) in [5, 5.41) is 12.6. The van der Waals surface area contributed by atoms with Gasteiger partial charge in [0, 0.05) is 12.5 Å². The maximum absolute atomic E-state index is 12.7. The van der Waals surface area contributed by atoms with Crippen molar-refractivity contribution in [3.63, 3.8) is 0 Å². The largest absolute Gasteiger partial charge is 0.478 e. The minimum atomic E-state index is -3.69. The molecule has 0 saturated heterocycles. The van der Waals surface area contributed by atoms with Gasteiger partial charge in [0.15, 0.2) is 15.6 Å². The third-order valence-corrected chi connectivity index (χ3v) is 6.73. The number of rotatable bonds is 9. The van der Waals surface area contributed by atoms with Gasteiger partial charge in [-0.2, -0.15) is 0 Å². The predicted molar refractivity (Wildman–Crippen MR) is 111 cm³/mol. The highest BCUT2D eigenvalue weighted by atomic mass is 32.2. The lowest BCUT2D eigenvalue weighted by atomic mass is 9.90. The fourth-order valence-corrected chi connectivity index (χ4v) is 3.95. The molecule has 0 radical (unpaired) electrons. The SMILES string of the molecule is CCCCNc1cc(C(=O)O)cc(S(=O)(=O)CC)c1OC1=CC=CC(C)C1C. The van der Waals surface area contributed by atoms with Crippen molar-refractivity contribution in [2.75, 3.05) is 17.6 Å². The molecule has 1 aromatic rings. The summed E-state index contributed by atoms with van der Waals surface area (Å²) >= 11 is 0. The molecule has 0 heterocycles. The first-order chi connectivity index (χ1) is 13.2. The van der Waals surface area contributed by atoms with Gasteiger partial charge in [-0.15, -0.1) is 0 Å². The van der Waals surface area contributed by atoms with Gasteiger partial charge in [-0.3, -0.25) is 0 Å². The Balaban J connectivity index is 2.62. The van der Waals surface area contributed by atoms with Crippen LogP contribution in [0.25, 0.3) is 0 Å². The molecule has 1 aliphatic carbocycles. The van der Waals surface area contributed by atoms with E-state index in [0.717, 1.165) is 12.8 Å². The Bertz CT molecular complexity index is 886. The van der Waals surface area contributed by atoms with Crippen molar-refractivity contribution in [2.45, 2.75) is 45.4 Å². The van der Waals surface area contributed by atoms with Crippen LogP contribution in [0, 0.1) is 11.8 Å². The van der Waals surface area contributed by atoms with E-state index in [2.05, 4.69) is 18.3 Å². The topological polar surface area (TPSA) is 92.7 Å². The van der Waals surface area contributed by atoms with Crippen LogP contribution in [0.2, 0.25) is 0 Å². The van der Waals surface area contributed by atoms with Crippen LogP contribution in [0.15, 0.2) is 41.0 Å². The molecule has 0 spiro atoms. The predicted octanol–water partition coefficient (Wildman–Crippen LogP) is 4.50. The molecule has 28 heavy (non-hydrogen) atoms. The lowest BCUT2D eigenvalue weighted by Crippen LogP contribution is -2.18. The Morgan fingerprint density at radius 3 is 2.57 bits per heavy atom. The van der Waals surface area contributed by atoms with Crippen molar-refractivity contribution in [3.05, 3.63) is 41.7 Å². The van der Waals surface area contributed by atoms with Gasteiger partial charge in [0.2, 0.25) is 0 Å². The lowest BCUT2D eigenvalue weighted by Gasteiger charge is -2.26. The summed E-state index contributed by atoms with van der Waals surface area (Å²) in [6.07, 6.45) is 7.60. The molecular weight excluding hydrogens is 378 g/mol. The molecule has 7 heteroatoms. The number of allylic oxidation sites excluding steroid dienone is 4. The van der Waals surface area contributed by atoms with Gasteiger partial charge >= 0.3 is 5.97 Å². The van der Waals surface area contributed by atoms with Crippen LogP contribution in [-0.2, 0) is 9.84 Å². The Hall–Kier alpha value is -2.28. The quantitative estimate of drug-likeness (QED) is 0.586. The summed E-state index contributed by atoms with van der Waals surface area (Å²) in [5.41, 5.74) is 0.299. The van der Waals surface area contributed by atoms with E-state index < -0.39 is 15.8 Å². The number of anilines is 1. The number of benzene rings is 1. The second-order valence-corrected chi connectivity index (χ2v) is 9.29. The first-order valence-corrected chi connectivity index (χ1v) is 11.3. The molecule has 0 amide bonds. The van der Waals surface area contributed by atoms with Crippen LogP contribution in [0.5, 0.6) is 5.75 Å². The summed E-state index contributed by atoms with van der Waals surface area (Å²) < 4.78 is 31.6. The normalized spacial score (nSPS) is 19.2. The van der Waals surface area contributed by atoms with Crippen molar-refractivity contribution in [1.82, 2.24) is 0 Å². The molecule has 2 unspecified atom stereocenters. The molecular formula is C21H29NO5S. The lowest BCUT2D eigenvalue weighted by molar-refractivity contribution is 0.0696. The second kappa shape index (κ2) is 9.28. The van der Waals surface area contributed by atoms with Crippen LogP contribution < -0.4 is 10.1 Å². The Morgan fingerprint density at radius 1 is 1.25 bits per heavy atom. The highest BCUT2D eigenvalue weighted by Gasteiger charge is 2.27. The van der Waals surface area contributed by atoms with Gasteiger partial charge in [0.25, 0.3) is 0 Å². The maximum Gasteiger partial charge on any atom is 0.335 e. The molecule has 1 aromatic carbocycles. The molecule has 0 aliphatic heterocycles. The van der Waals surface area contributed by atoms with Gasteiger partial charge in [-0.25, -0.2) is 13.2 Å². The molecule has 0 fully saturated rings. The third-order valence-electron chi connectivity index (χ3n) is 5.00. The summed E-state index contributed by atoms with van der Waals surface area (Å²) in [5.74, 6) is -0.177. The average Bonchev–Trinajstić information content (AvgIpc) is 2.66. The molecule has 1 aliphatic rings. The van der Waals surface area contributed by atoms with E-state index in [1.807, 2.05) is 26.0 Å². The smallest absolute Gasteiger partial charge is 0.335 e. The fraction of sp³-hybridized carbons (Fsp3) is 0.476. The number of ether oxygens (including phenoxy) is 1. The zero-order valence-corrected chi connectivity index (χ0v) is 17.7. The zero-order chi connectivity index (χ0) is 20.9. The van der Waals surface area contributed by atoms with Crippen LogP contribution in [0.4, 0.5) is 5.69 Å². The van der Waals surface area contributed by atoms with Crippen molar-refractivity contribution in [1.29, 1.82) is 0 Å². The van der Waals surface area contributed by atoms with Crippen molar-refractivity contribution < 1.29 is 23.1 Å². The number of nitrogens with one attached hydrogen (secondary N) is 1. The molecule has 0 bridgehead atoms. The van der Waals surface area contributed by atoms with Crippen molar-refractivity contribution >= 4 is 21.5 Å². The highest BCUT2D eigenvalue weighted by molar-refractivity contribution is 7.91. The van der Waals surface area contributed by atoms with Gasteiger partial charge in [-0.1, -0.05) is 46.3 Å². The van der Waals surface area contributed by atoms with Gasteiger partial charge in [0.1, 0.15) is 10.7 Å². The number of aromatic carboxylic acids is 1. The first kappa shape index (κ1) is 22.0. The van der Waals surface area contributed by atoms with Crippen LogP contribution in [0.1, 0.15) is 50.9 Å². The fourth-order valence-electron chi connectivity index (χ4n) is 2.90. The summed E-state index contributed by atoms with van der Waals surface area (Å²) in [4.78, 5) is 11.5. The zero-order valence-electron chi connectivity index (χ0n) is 16.9. The average molecular weight is 408 g/mol. The van der Waals surface area contributed by atoms with Crippen LogP contribution >= 0.6 is 0 Å². The number of hydrogen-bond donors (Lipinski definition) is 2. The van der Waals surface area contributed by atoms with Crippen molar-refractivity contribution in [2.24, 2.45) is 11.8 Å². The number of carboxylic acid groups (broad SMARTS) is 1. The van der Waals surface area contributed by atoms with E-state index in [1.54, 1.807) is 0 Å². The number of sulfone groups is 1. The van der Waals surface area contributed by atoms with Crippen molar-refractivity contribution in [3.8, 4) is 5.75 Å². The first-order valence-electron chi connectivity index (χ1n) is 9.65. The maximum atomic E-state index is 12.7. The molecule has 6 nitrogen and oxygen atoms in total. The summed E-state index contributed by atoms with van der Waals surface area (Å²) in [7, 11) is -3.69. The third kappa shape index (κ3) is 4.95. The molecule has 2 N–H and O–H groups in total. The molecule has 0 saturated carbocycles. The number of carboxylic acids is 1. The minimum absolute atomic E-state index is 0.0739. The van der Waals surface area contributed by atoms with E-state index in [9.17, 15) is 18.3 Å². The summed E-state index contributed by atoms with van der Waals surface area (Å²) in [6.45, 7) is 8.25. The van der Waals surface area contributed by atoms with E-state index >= 15 is 0 Å². The van der Waals surface area contributed by atoms with E-state index in [-0.39, 0.29) is 33.8 Å². The molecule has 154 valence electrons. The summed E-state index contributed by atoms with van der Waals surface area (Å²) in [6, 6.07) is 2.63. The Morgan fingerprint density at radius 2 is 1.96 bits per heavy atom. The monoisotopic (exact) mass is 407 g/mol. The molecule has 2 atom stereocenters. The van der Waals surface area contributed by atoms with Crippen LogP contribution in [0.3, 0.4) is 0 Å². The van der Waals surface area contributed by atoms with E-state index in [0.29, 0.717) is 18.0 Å². The van der Waals surface area contributed by atoms with E-state index in [1.165, 1.54) is 19.1 Å². The van der Waals surface area contributed by atoms with Gasteiger partial charge in [0.05, 0.1) is 17.0 Å². The Labute approximate surface area is 167 Å². The van der Waals surface area contributed by atoms with Crippen LogP contribution in [-0.4, -0.2) is 31.8 Å². The minimum Gasteiger partial charge on any atom is -0.478 e. The number of carbonyl (C=O) groups is 1. The number of unbranched alkanes of at least 4 members (excludes halogenated alkanes) is 1.